The Bertz CT molecular complexity index is 388. The van der Waals surface area contributed by atoms with Crippen LogP contribution in [0.2, 0.25) is 0 Å². The first-order valence-corrected chi connectivity index (χ1v) is 6.60. The Morgan fingerprint density at radius 2 is 2.47 bits per heavy atom. The van der Waals surface area contributed by atoms with Crippen LogP contribution in [0.5, 0.6) is 0 Å². The van der Waals surface area contributed by atoms with Gasteiger partial charge >= 0.3 is 0 Å². The second kappa shape index (κ2) is 5.64. The van der Waals surface area contributed by atoms with Gasteiger partial charge in [-0.25, -0.2) is 4.98 Å². The Morgan fingerprint density at radius 1 is 1.65 bits per heavy atom. The third-order valence-electron chi connectivity index (χ3n) is 2.84. The van der Waals surface area contributed by atoms with Gasteiger partial charge in [-0.05, 0) is 22.4 Å². The molecule has 1 N–H and O–H groups in total. The van der Waals surface area contributed by atoms with Crippen LogP contribution >= 0.6 is 15.9 Å². The summed E-state index contributed by atoms with van der Waals surface area (Å²) in [7, 11) is 1.82. The van der Waals surface area contributed by atoms with Crippen LogP contribution in [0.15, 0.2) is 10.7 Å². The van der Waals surface area contributed by atoms with Crippen molar-refractivity contribution >= 4 is 27.7 Å². The molecule has 1 aromatic rings. The first kappa shape index (κ1) is 12.6. The Kier molecular flexibility index (Phi) is 4.17. The second-order valence-electron chi connectivity index (χ2n) is 3.96. The van der Waals surface area contributed by atoms with E-state index in [1.165, 1.54) is 0 Å². The lowest BCUT2D eigenvalue weighted by molar-refractivity contribution is 0.0381. The van der Waals surface area contributed by atoms with E-state index in [1.807, 2.05) is 7.05 Å². The molecule has 2 heterocycles. The zero-order valence-electron chi connectivity index (χ0n) is 10.1. The lowest BCUT2D eigenvalue weighted by atomic mass is 10.2. The summed E-state index contributed by atoms with van der Waals surface area (Å²) >= 11 is 3.50. The molecule has 1 aromatic heterocycles. The van der Waals surface area contributed by atoms with Gasteiger partial charge in [0.1, 0.15) is 5.82 Å². The molecule has 1 aliphatic heterocycles. The molecule has 0 saturated carbocycles. The van der Waals surface area contributed by atoms with Crippen LogP contribution in [-0.4, -0.2) is 42.8 Å². The van der Waals surface area contributed by atoms with Crippen LogP contribution in [0, 0.1) is 0 Å². The standard InChI is InChI=1S/C11H17BrN4O/c1-3-8-7-16(4-5-17-8)10-9(12)6-14-11(13-2)15-10/h6,8H,3-5,7H2,1-2H3,(H,13,14,15). The minimum Gasteiger partial charge on any atom is -0.375 e. The van der Waals surface area contributed by atoms with Crippen molar-refractivity contribution in [1.82, 2.24) is 9.97 Å². The van der Waals surface area contributed by atoms with Gasteiger partial charge in [0.15, 0.2) is 0 Å². The molecular weight excluding hydrogens is 284 g/mol. The number of hydrogen-bond donors (Lipinski definition) is 1. The van der Waals surface area contributed by atoms with Gasteiger partial charge in [0.25, 0.3) is 0 Å². The highest BCUT2D eigenvalue weighted by atomic mass is 79.9. The first-order chi connectivity index (χ1) is 8.24. The Morgan fingerprint density at radius 3 is 3.18 bits per heavy atom. The van der Waals surface area contributed by atoms with Gasteiger partial charge in [-0.3, -0.25) is 0 Å². The van der Waals surface area contributed by atoms with E-state index >= 15 is 0 Å². The summed E-state index contributed by atoms with van der Waals surface area (Å²) in [5, 5.41) is 2.96. The number of anilines is 2. The van der Waals surface area contributed by atoms with Crippen LogP contribution in [0.25, 0.3) is 0 Å². The van der Waals surface area contributed by atoms with E-state index < -0.39 is 0 Å². The quantitative estimate of drug-likeness (QED) is 0.924. The number of rotatable bonds is 3. The van der Waals surface area contributed by atoms with Crippen molar-refractivity contribution in [3.8, 4) is 0 Å². The zero-order valence-corrected chi connectivity index (χ0v) is 11.7. The molecular formula is C11H17BrN4O. The first-order valence-electron chi connectivity index (χ1n) is 5.81. The third kappa shape index (κ3) is 2.87. The third-order valence-corrected chi connectivity index (χ3v) is 3.40. The fraction of sp³-hybridized carbons (Fsp3) is 0.636. The average Bonchev–Trinajstić information content (AvgIpc) is 2.39. The maximum atomic E-state index is 5.66. The number of nitrogens with one attached hydrogen (secondary N) is 1. The molecule has 6 heteroatoms. The van der Waals surface area contributed by atoms with Gasteiger partial charge < -0.3 is 15.0 Å². The fourth-order valence-corrected chi connectivity index (χ4v) is 2.30. The molecule has 2 rings (SSSR count). The van der Waals surface area contributed by atoms with E-state index in [-0.39, 0.29) is 0 Å². The summed E-state index contributed by atoms with van der Waals surface area (Å²) in [6, 6.07) is 0. The average molecular weight is 301 g/mol. The van der Waals surface area contributed by atoms with E-state index in [2.05, 4.69) is 43.0 Å². The van der Waals surface area contributed by atoms with Gasteiger partial charge in [0, 0.05) is 26.3 Å². The van der Waals surface area contributed by atoms with Gasteiger partial charge in [0.05, 0.1) is 17.2 Å². The summed E-state index contributed by atoms with van der Waals surface area (Å²) in [6.07, 6.45) is 3.10. The van der Waals surface area contributed by atoms with Gasteiger partial charge in [-0.1, -0.05) is 6.92 Å². The molecule has 17 heavy (non-hydrogen) atoms. The molecule has 0 radical (unpaired) electrons. The molecule has 1 aliphatic rings. The molecule has 0 spiro atoms. The molecule has 0 bridgehead atoms. The maximum Gasteiger partial charge on any atom is 0.224 e. The summed E-state index contributed by atoms with van der Waals surface area (Å²) in [5.74, 6) is 1.58. The van der Waals surface area contributed by atoms with Crippen molar-refractivity contribution in [2.24, 2.45) is 0 Å². The van der Waals surface area contributed by atoms with E-state index in [0.29, 0.717) is 12.1 Å². The Hall–Kier alpha value is -0.880. The van der Waals surface area contributed by atoms with Crippen molar-refractivity contribution in [2.45, 2.75) is 19.4 Å². The highest BCUT2D eigenvalue weighted by molar-refractivity contribution is 9.10. The monoisotopic (exact) mass is 300 g/mol. The van der Waals surface area contributed by atoms with Crippen molar-refractivity contribution in [3.05, 3.63) is 10.7 Å². The van der Waals surface area contributed by atoms with Crippen molar-refractivity contribution < 1.29 is 4.74 Å². The molecule has 0 aromatic carbocycles. The number of morpholine rings is 1. The van der Waals surface area contributed by atoms with Crippen LogP contribution in [-0.2, 0) is 4.74 Å². The topological polar surface area (TPSA) is 50.3 Å². The Balaban J connectivity index is 2.20. The lowest BCUT2D eigenvalue weighted by Gasteiger charge is -2.33. The van der Waals surface area contributed by atoms with Crippen LogP contribution in [0.3, 0.4) is 0 Å². The van der Waals surface area contributed by atoms with Crippen LogP contribution in [0.4, 0.5) is 11.8 Å². The minimum atomic E-state index is 0.295. The Labute approximate surface area is 110 Å². The summed E-state index contributed by atoms with van der Waals surface area (Å²) in [6.45, 7) is 4.65. The van der Waals surface area contributed by atoms with Gasteiger partial charge in [-0.15, -0.1) is 0 Å². The highest BCUT2D eigenvalue weighted by Gasteiger charge is 2.22. The van der Waals surface area contributed by atoms with E-state index in [0.717, 1.165) is 36.4 Å². The van der Waals surface area contributed by atoms with Gasteiger partial charge in [0.2, 0.25) is 5.95 Å². The minimum absolute atomic E-state index is 0.295. The maximum absolute atomic E-state index is 5.66. The normalized spacial score (nSPS) is 20.4. The van der Waals surface area contributed by atoms with Crippen molar-refractivity contribution in [1.29, 1.82) is 0 Å². The molecule has 1 unspecified atom stereocenters. The largest absolute Gasteiger partial charge is 0.375 e. The van der Waals surface area contributed by atoms with E-state index in [4.69, 9.17) is 4.74 Å². The SMILES string of the molecule is CCC1CN(c2nc(NC)ncc2Br)CCO1. The molecule has 1 atom stereocenters. The summed E-state index contributed by atoms with van der Waals surface area (Å²) in [5.41, 5.74) is 0. The summed E-state index contributed by atoms with van der Waals surface area (Å²) in [4.78, 5) is 10.9. The number of halogens is 1. The summed E-state index contributed by atoms with van der Waals surface area (Å²) < 4.78 is 6.58. The smallest absolute Gasteiger partial charge is 0.224 e. The molecule has 94 valence electrons. The number of ether oxygens (including phenoxy) is 1. The molecule has 1 fully saturated rings. The van der Waals surface area contributed by atoms with Crippen molar-refractivity contribution in [2.75, 3.05) is 37.0 Å². The number of hydrogen-bond acceptors (Lipinski definition) is 5. The van der Waals surface area contributed by atoms with Crippen LogP contribution < -0.4 is 10.2 Å². The fourth-order valence-electron chi connectivity index (χ4n) is 1.86. The molecule has 5 nitrogen and oxygen atoms in total. The van der Waals surface area contributed by atoms with Gasteiger partial charge in [-0.2, -0.15) is 4.98 Å². The lowest BCUT2D eigenvalue weighted by Crippen LogP contribution is -2.42. The van der Waals surface area contributed by atoms with Crippen molar-refractivity contribution in [3.63, 3.8) is 0 Å². The zero-order chi connectivity index (χ0) is 12.3. The molecule has 1 saturated heterocycles. The number of aromatic nitrogens is 2. The van der Waals surface area contributed by atoms with Crippen LogP contribution in [0.1, 0.15) is 13.3 Å². The molecule has 0 aliphatic carbocycles. The van der Waals surface area contributed by atoms with E-state index in [9.17, 15) is 0 Å². The predicted octanol–water partition coefficient (Wildman–Crippen LogP) is 1.90. The number of nitrogens with zero attached hydrogens (tertiary/aromatic N) is 3. The highest BCUT2D eigenvalue weighted by Crippen LogP contribution is 2.26. The predicted molar refractivity (Wildman–Crippen MR) is 71.5 cm³/mol. The second-order valence-corrected chi connectivity index (χ2v) is 4.82. The molecule has 0 amide bonds. The van der Waals surface area contributed by atoms with E-state index in [1.54, 1.807) is 6.20 Å².